The summed E-state index contributed by atoms with van der Waals surface area (Å²) in [6, 6.07) is -3.14. The minimum atomic E-state index is -6.54. The summed E-state index contributed by atoms with van der Waals surface area (Å²) in [5.41, 5.74) is -15.4. The predicted molar refractivity (Wildman–Crippen MR) is 145 cm³/mol. The number of nitrogens with zero attached hydrogens (tertiary/aromatic N) is 2. The van der Waals surface area contributed by atoms with Crippen LogP contribution in [0, 0.1) is 0 Å². The third kappa shape index (κ3) is 13.4. The van der Waals surface area contributed by atoms with Crippen LogP contribution in [0.1, 0.15) is 19.3 Å². The van der Waals surface area contributed by atoms with Crippen LogP contribution in [0.3, 0.4) is 0 Å². The van der Waals surface area contributed by atoms with E-state index in [1.54, 1.807) is 0 Å². The molecule has 36 heteroatoms. The van der Waals surface area contributed by atoms with E-state index >= 15 is 0 Å². The Morgan fingerprint density at radius 2 is 0.674 bits per heavy atom. The highest BCUT2D eigenvalue weighted by molar-refractivity contribution is 7.73. The summed E-state index contributed by atoms with van der Waals surface area (Å²) in [6.45, 7) is -1.62. The quantitative estimate of drug-likeness (QED) is 0.0449. The Morgan fingerprint density at radius 1 is 0.435 bits per heavy atom. The van der Waals surface area contributed by atoms with Gasteiger partial charge in [0.2, 0.25) is 22.1 Å². The van der Waals surface area contributed by atoms with Gasteiger partial charge in [0.15, 0.2) is 0 Å². The number of carboxylic acids is 1. The zero-order valence-corrected chi connectivity index (χ0v) is 29.1. The average molecular weight is 842 g/mol. The molecular formula is C10H30N2O26P8. The van der Waals surface area contributed by atoms with Gasteiger partial charge in [-0.25, -0.2) is 4.90 Å². The Balaban J connectivity index is 7.22. The first-order valence-corrected chi connectivity index (χ1v) is 24.4. The molecular weight excluding hydrogens is 812 g/mol. The smallest absolute Gasteiger partial charge is 0.355 e. The zero-order chi connectivity index (χ0) is 37.4. The first-order valence-electron chi connectivity index (χ1n) is 11.0. The van der Waals surface area contributed by atoms with E-state index in [0.717, 1.165) is 0 Å². The lowest BCUT2D eigenvalue weighted by Crippen LogP contribution is -2.52. The predicted octanol–water partition coefficient (Wildman–Crippen LogP) is -3.23. The van der Waals surface area contributed by atoms with Gasteiger partial charge < -0.3 is 83.4 Å². The van der Waals surface area contributed by atoms with Gasteiger partial charge in [0.05, 0.1) is 0 Å². The van der Waals surface area contributed by atoms with Crippen LogP contribution in [0.15, 0.2) is 0 Å². The van der Waals surface area contributed by atoms with E-state index < -0.39 is 130 Å². The van der Waals surface area contributed by atoms with E-state index in [2.05, 4.69) is 0 Å². The van der Waals surface area contributed by atoms with Crippen molar-refractivity contribution in [1.82, 2.24) is 9.80 Å². The molecule has 1 atom stereocenters. The fourth-order valence-electron chi connectivity index (χ4n) is 4.07. The maximum atomic E-state index is 12.1. The second-order valence-electron chi connectivity index (χ2n) is 9.13. The number of hydrogen-bond donors (Lipinski definition) is 17. The van der Waals surface area contributed by atoms with Gasteiger partial charge in [-0.05, 0) is 12.8 Å². The van der Waals surface area contributed by atoms with E-state index in [4.69, 9.17) is 0 Å². The molecule has 28 nitrogen and oxygen atoms in total. The molecule has 0 aromatic carbocycles. The molecule has 0 aromatic heterocycles. The molecule has 0 bridgehead atoms. The van der Waals surface area contributed by atoms with Crippen molar-refractivity contribution in [2.24, 2.45) is 0 Å². The van der Waals surface area contributed by atoms with Crippen molar-refractivity contribution in [3.8, 4) is 0 Å². The van der Waals surface area contributed by atoms with E-state index in [-0.39, 0.29) is 0 Å². The SMILES string of the molecule is O=C(O)[C@H](CCCCN(C(P(=O)(O)O)P(=O)(O)O)C(P(=O)(O)O)P(=O)(O)O)N(C(P(=O)(O)O)P(=O)(O)O)C(P(=O)(O)O)P(=O)(O)O. The van der Waals surface area contributed by atoms with Crippen LogP contribution < -0.4 is 0 Å². The Labute approximate surface area is 255 Å². The van der Waals surface area contributed by atoms with Gasteiger partial charge in [-0.2, -0.15) is 0 Å². The Morgan fingerprint density at radius 3 is 0.870 bits per heavy atom. The minimum Gasteiger partial charge on any atom is -0.480 e. The van der Waals surface area contributed by atoms with Gasteiger partial charge in [-0.15, -0.1) is 0 Å². The molecule has 0 heterocycles. The van der Waals surface area contributed by atoms with Crippen molar-refractivity contribution >= 4 is 66.7 Å². The van der Waals surface area contributed by atoms with Crippen molar-refractivity contribution in [2.75, 3.05) is 6.54 Å². The van der Waals surface area contributed by atoms with E-state index in [1.165, 1.54) is 0 Å². The number of carboxylic acid groups (broad SMARTS) is 1. The van der Waals surface area contributed by atoms with Gasteiger partial charge in [-0.3, -0.25) is 46.2 Å². The van der Waals surface area contributed by atoms with Crippen molar-refractivity contribution in [3.05, 3.63) is 0 Å². The van der Waals surface area contributed by atoms with Crippen LogP contribution in [-0.4, -0.2) is 134 Å². The number of hydrogen-bond acceptors (Lipinski definition) is 11. The summed E-state index contributed by atoms with van der Waals surface area (Å²) in [7, 11) is -51.4. The van der Waals surface area contributed by atoms with Crippen LogP contribution in [-0.2, 0) is 41.3 Å². The summed E-state index contributed by atoms with van der Waals surface area (Å²) in [6.07, 6.45) is -3.81. The first-order chi connectivity index (χ1) is 19.8. The van der Waals surface area contributed by atoms with Crippen LogP contribution >= 0.6 is 60.8 Å². The van der Waals surface area contributed by atoms with Crippen LogP contribution in [0.25, 0.3) is 0 Å². The summed E-state index contributed by atoms with van der Waals surface area (Å²) in [5.74, 6) is -2.55. The summed E-state index contributed by atoms with van der Waals surface area (Å²) < 4.78 is 95.6. The largest absolute Gasteiger partial charge is 0.480 e. The highest BCUT2D eigenvalue weighted by Gasteiger charge is 2.62. The Hall–Kier alpha value is 0.590. The van der Waals surface area contributed by atoms with Gasteiger partial charge >= 0.3 is 66.7 Å². The Kier molecular flexibility index (Phi) is 15.7. The summed E-state index contributed by atoms with van der Waals surface area (Å²) >= 11 is 0. The maximum Gasteiger partial charge on any atom is 0.355 e. The van der Waals surface area contributed by atoms with E-state index in [0.29, 0.717) is 0 Å². The summed E-state index contributed by atoms with van der Waals surface area (Å²) in [5, 5.41) is 9.64. The second-order valence-corrected chi connectivity index (χ2v) is 24.1. The van der Waals surface area contributed by atoms with Crippen molar-refractivity contribution < 1.29 is 125 Å². The molecule has 0 rings (SSSR count). The van der Waals surface area contributed by atoms with Crippen LogP contribution in [0.5, 0.6) is 0 Å². The molecule has 0 amide bonds. The Bertz CT molecular complexity index is 1300. The van der Waals surface area contributed by atoms with Gasteiger partial charge in [0.25, 0.3) is 0 Å². The zero-order valence-electron chi connectivity index (χ0n) is 22.0. The number of carbonyl (C=O) groups is 1. The number of unbranched alkanes of at least 4 members (excludes halogenated alkanes) is 1. The topological polar surface area (TPSA) is 504 Å². The lowest BCUT2D eigenvalue weighted by atomic mass is 10.1. The third-order valence-electron chi connectivity index (χ3n) is 5.32. The molecule has 0 aliphatic heterocycles. The highest BCUT2D eigenvalue weighted by atomic mass is 31.3. The van der Waals surface area contributed by atoms with Crippen LogP contribution in [0.4, 0.5) is 0 Å². The summed E-state index contributed by atoms with van der Waals surface area (Å²) in [4.78, 5) is 162. The van der Waals surface area contributed by atoms with Gasteiger partial charge in [0.1, 0.15) is 6.04 Å². The molecule has 0 spiro atoms. The molecule has 46 heavy (non-hydrogen) atoms. The molecule has 17 N–H and O–H groups in total. The van der Waals surface area contributed by atoms with E-state index in [9.17, 15) is 125 Å². The molecule has 0 radical (unpaired) electrons. The first kappa shape index (κ1) is 46.6. The molecule has 0 saturated carbocycles. The molecule has 0 aromatic rings. The van der Waals surface area contributed by atoms with Crippen LogP contribution in [0.2, 0.25) is 0 Å². The fraction of sp³-hybridized carbons (Fsp3) is 0.900. The molecule has 0 fully saturated rings. The van der Waals surface area contributed by atoms with Crippen molar-refractivity contribution in [2.45, 2.75) is 47.4 Å². The second kappa shape index (κ2) is 15.5. The monoisotopic (exact) mass is 842 g/mol. The molecule has 0 unspecified atom stereocenters. The van der Waals surface area contributed by atoms with E-state index in [1.807, 2.05) is 0 Å². The molecule has 0 aliphatic carbocycles. The highest BCUT2D eigenvalue weighted by Crippen LogP contribution is 2.70. The molecule has 276 valence electrons. The molecule has 0 aliphatic rings. The number of rotatable bonds is 19. The fourth-order valence-corrected chi connectivity index (χ4v) is 16.3. The normalized spacial score (nSPS) is 16.0. The van der Waals surface area contributed by atoms with Gasteiger partial charge in [-0.1, -0.05) is 6.42 Å². The maximum absolute atomic E-state index is 12.1. The average Bonchev–Trinajstić information content (AvgIpc) is 2.64. The third-order valence-corrected chi connectivity index (χ3v) is 19.6. The number of aliphatic carboxylic acids is 1. The standard InChI is InChI=1S/C10H30N2O26P8/c13-6(14)5(12(9(43(27,28)29)44(30,31)32)10(45(33,34)35)46(36,37)38)3-1-2-4-11(7(39(15,16)17)40(18,19)20)8(41(21,22)23)42(24,25)26/h5,7-10H,1-4H2,(H,13,14)(H2,15,16,17)(H2,18,19,20)(H2,21,22,23)(H2,24,25,26)(H2,27,28,29)(H2,30,31,32)(H2,33,34,35)(H2,36,37,38)/t5-/m0/s1. The minimum absolute atomic E-state index is 0.709. The van der Waals surface area contributed by atoms with Gasteiger partial charge in [0, 0.05) is 6.54 Å². The lowest BCUT2D eigenvalue weighted by Gasteiger charge is -2.41. The lowest BCUT2D eigenvalue weighted by molar-refractivity contribution is -0.143. The van der Waals surface area contributed by atoms with Crippen molar-refractivity contribution in [1.29, 1.82) is 0 Å². The van der Waals surface area contributed by atoms with Crippen molar-refractivity contribution in [3.63, 3.8) is 0 Å². The molecule has 0 saturated heterocycles.